The number of carboxylic acid groups (broad SMARTS) is 1. The molecular formula is C13H17NO2. The van der Waals surface area contributed by atoms with Crippen LogP contribution in [0.25, 0.3) is 0 Å². The molecule has 86 valence electrons. The van der Waals surface area contributed by atoms with E-state index >= 15 is 0 Å². The molecule has 1 aliphatic carbocycles. The van der Waals surface area contributed by atoms with Gasteiger partial charge in [0.05, 0.1) is 0 Å². The fourth-order valence-electron chi connectivity index (χ4n) is 2.53. The Morgan fingerprint density at radius 2 is 2.25 bits per heavy atom. The van der Waals surface area contributed by atoms with E-state index in [0.717, 1.165) is 12.8 Å². The molecule has 1 aliphatic rings. The third-order valence-electron chi connectivity index (χ3n) is 3.39. The maximum absolute atomic E-state index is 10.5. The van der Waals surface area contributed by atoms with Gasteiger partial charge in [0.15, 0.2) is 0 Å². The molecule has 1 aromatic rings. The van der Waals surface area contributed by atoms with E-state index < -0.39 is 5.97 Å². The normalized spacial score (nSPS) is 20.4. The van der Waals surface area contributed by atoms with E-state index in [9.17, 15) is 4.79 Å². The first-order valence-electron chi connectivity index (χ1n) is 5.73. The van der Waals surface area contributed by atoms with Crippen molar-refractivity contribution in [3.05, 3.63) is 35.4 Å². The van der Waals surface area contributed by atoms with E-state index in [1.165, 1.54) is 11.1 Å². The fourth-order valence-corrected chi connectivity index (χ4v) is 2.53. The second-order valence-electron chi connectivity index (χ2n) is 4.44. The number of benzene rings is 1. The molecule has 0 saturated heterocycles. The van der Waals surface area contributed by atoms with Crippen LogP contribution >= 0.6 is 0 Å². The summed E-state index contributed by atoms with van der Waals surface area (Å²) in [5.41, 5.74) is 8.77. The summed E-state index contributed by atoms with van der Waals surface area (Å²) in [6.45, 7) is 0. The van der Waals surface area contributed by atoms with Crippen molar-refractivity contribution in [3.8, 4) is 0 Å². The molecule has 1 aromatic carbocycles. The van der Waals surface area contributed by atoms with Crippen LogP contribution in [0.15, 0.2) is 24.3 Å². The van der Waals surface area contributed by atoms with Crippen LogP contribution in [0, 0.1) is 0 Å². The molecule has 2 unspecified atom stereocenters. The monoisotopic (exact) mass is 219 g/mol. The highest BCUT2D eigenvalue weighted by Crippen LogP contribution is 2.35. The van der Waals surface area contributed by atoms with Crippen LogP contribution in [-0.2, 0) is 11.2 Å². The summed E-state index contributed by atoms with van der Waals surface area (Å²) in [5, 5.41) is 8.64. The zero-order valence-electron chi connectivity index (χ0n) is 9.23. The lowest BCUT2D eigenvalue weighted by Crippen LogP contribution is -2.27. The molecular weight excluding hydrogens is 202 g/mol. The predicted octanol–water partition coefficient (Wildman–Crippen LogP) is 1.91. The molecule has 0 amide bonds. The van der Waals surface area contributed by atoms with E-state index in [0.29, 0.717) is 12.3 Å². The molecule has 3 heteroatoms. The van der Waals surface area contributed by atoms with Gasteiger partial charge < -0.3 is 10.8 Å². The van der Waals surface area contributed by atoms with Gasteiger partial charge in [-0.25, -0.2) is 0 Å². The van der Waals surface area contributed by atoms with Gasteiger partial charge in [0.1, 0.15) is 0 Å². The molecule has 16 heavy (non-hydrogen) atoms. The van der Waals surface area contributed by atoms with Gasteiger partial charge in [0.25, 0.3) is 0 Å². The third-order valence-corrected chi connectivity index (χ3v) is 3.39. The minimum atomic E-state index is -0.762. The predicted molar refractivity (Wildman–Crippen MR) is 62.3 cm³/mol. The lowest BCUT2D eigenvalue weighted by atomic mass is 9.91. The van der Waals surface area contributed by atoms with Gasteiger partial charge in [-0.15, -0.1) is 0 Å². The summed E-state index contributed by atoms with van der Waals surface area (Å²) < 4.78 is 0. The Morgan fingerprint density at radius 3 is 3.00 bits per heavy atom. The van der Waals surface area contributed by atoms with Crippen LogP contribution in [0.1, 0.15) is 36.3 Å². The van der Waals surface area contributed by atoms with Crippen LogP contribution in [0.2, 0.25) is 0 Å². The van der Waals surface area contributed by atoms with Gasteiger partial charge in [-0.05, 0) is 36.3 Å². The summed E-state index contributed by atoms with van der Waals surface area (Å²) in [6.07, 6.45) is 2.86. The summed E-state index contributed by atoms with van der Waals surface area (Å²) in [4.78, 5) is 10.5. The topological polar surface area (TPSA) is 63.3 Å². The Kier molecular flexibility index (Phi) is 3.25. The number of carboxylic acids is 1. The Morgan fingerprint density at radius 1 is 1.50 bits per heavy atom. The molecule has 0 spiro atoms. The molecule has 2 rings (SSSR count). The lowest BCUT2D eigenvalue weighted by molar-refractivity contribution is -0.137. The van der Waals surface area contributed by atoms with Crippen molar-refractivity contribution >= 4 is 5.97 Å². The first-order valence-corrected chi connectivity index (χ1v) is 5.73. The van der Waals surface area contributed by atoms with E-state index in [1.54, 1.807) is 0 Å². The molecule has 0 saturated carbocycles. The maximum Gasteiger partial charge on any atom is 0.303 e. The molecule has 0 heterocycles. The molecule has 0 aliphatic heterocycles. The first-order chi connectivity index (χ1) is 7.68. The van der Waals surface area contributed by atoms with Crippen LogP contribution in [0.4, 0.5) is 0 Å². The Hall–Kier alpha value is -1.35. The van der Waals surface area contributed by atoms with E-state index in [2.05, 4.69) is 12.1 Å². The number of fused-ring (bicyclic) bond motifs is 1. The van der Waals surface area contributed by atoms with E-state index in [1.807, 2.05) is 12.1 Å². The van der Waals surface area contributed by atoms with E-state index in [-0.39, 0.29) is 12.5 Å². The van der Waals surface area contributed by atoms with Crippen molar-refractivity contribution < 1.29 is 9.90 Å². The second kappa shape index (κ2) is 4.66. The molecule has 0 aromatic heterocycles. The fraction of sp³-hybridized carbons (Fsp3) is 0.462. The van der Waals surface area contributed by atoms with Crippen LogP contribution in [0.5, 0.6) is 0 Å². The number of rotatable bonds is 4. The van der Waals surface area contributed by atoms with Gasteiger partial charge >= 0.3 is 5.97 Å². The van der Waals surface area contributed by atoms with Gasteiger partial charge in [0, 0.05) is 12.5 Å². The van der Waals surface area contributed by atoms with Crippen molar-refractivity contribution in [2.24, 2.45) is 5.73 Å². The van der Waals surface area contributed by atoms with Gasteiger partial charge in [-0.3, -0.25) is 4.79 Å². The smallest absolute Gasteiger partial charge is 0.303 e. The molecule has 3 nitrogen and oxygen atoms in total. The highest BCUT2D eigenvalue weighted by Gasteiger charge is 2.27. The Bertz CT molecular complexity index is 389. The van der Waals surface area contributed by atoms with Gasteiger partial charge in [0.2, 0.25) is 0 Å². The summed E-state index contributed by atoms with van der Waals surface area (Å²) in [5.74, 6) is -0.419. The SMILES string of the molecule is NC(CCC(=O)O)C1CCc2ccccc21. The largest absolute Gasteiger partial charge is 0.481 e. The summed E-state index contributed by atoms with van der Waals surface area (Å²) >= 11 is 0. The molecule has 2 atom stereocenters. The minimum absolute atomic E-state index is 0.0280. The first kappa shape index (κ1) is 11.1. The quantitative estimate of drug-likeness (QED) is 0.813. The minimum Gasteiger partial charge on any atom is -0.481 e. The number of carbonyl (C=O) groups is 1. The number of hydrogen-bond acceptors (Lipinski definition) is 2. The van der Waals surface area contributed by atoms with Crippen LogP contribution in [0.3, 0.4) is 0 Å². The number of hydrogen-bond donors (Lipinski definition) is 2. The van der Waals surface area contributed by atoms with Gasteiger partial charge in [-0.1, -0.05) is 24.3 Å². The summed E-state index contributed by atoms with van der Waals surface area (Å²) in [7, 11) is 0. The van der Waals surface area contributed by atoms with Crippen molar-refractivity contribution in [1.82, 2.24) is 0 Å². The van der Waals surface area contributed by atoms with Gasteiger partial charge in [-0.2, -0.15) is 0 Å². The highest BCUT2D eigenvalue weighted by molar-refractivity contribution is 5.66. The number of nitrogens with two attached hydrogens (primary N) is 1. The standard InChI is InChI=1S/C13H17NO2/c14-12(7-8-13(15)16)11-6-5-9-3-1-2-4-10(9)11/h1-4,11-12H,5-8,14H2,(H,15,16). The van der Waals surface area contributed by atoms with Crippen molar-refractivity contribution in [1.29, 1.82) is 0 Å². The molecule has 0 bridgehead atoms. The van der Waals surface area contributed by atoms with Crippen molar-refractivity contribution in [2.75, 3.05) is 0 Å². The van der Waals surface area contributed by atoms with Crippen molar-refractivity contribution in [2.45, 2.75) is 37.6 Å². The second-order valence-corrected chi connectivity index (χ2v) is 4.44. The highest BCUT2D eigenvalue weighted by atomic mass is 16.4. The average molecular weight is 219 g/mol. The zero-order valence-corrected chi connectivity index (χ0v) is 9.23. The summed E-state index contributed by atoms with van der Waals surface area (Å²) in [6, 6.07) is 8.30. The molecule has 0 radical (unpaired) electrons. The molecule has 0 fully saturated rings. The molecule has 3 N–H and O–H groups in total. The zero-order chi connectivity index (χ0) is 11.5. The lowest BCUT2D eigenvalue weighted by Gasteiger charge is -2.19. The van der Waals surface area contributed by atoms with E-state index in [4.69, 9.17) is 10.8 Å². The third kappa shape index (κ3) is 2.25. The van der Waals surface area contributed by atoms with Crippen LogP contribution in [-0.4, -0.2) is 17.1 Å². The Labute approximate surface area is 95.3 Å². The Balaban J connectivity index is 2.04. The average Bonchev–Trinajstić information content (AvgIpc) is 2.69. The number of aryl methyl sites for hydroxylation is 1. The van der Waals surface area contributed by atoms with Crippen LogP contribution < -0.4 is 5.73 Å². The maximum atomic E-state index is 10.5. The van der Waals surface area contributed by atoms with Crippen molar-refractivity contribution in [3.63, 3.8) is 0 Å². The number of aliphatic carboxylic acids is 1.